The van der Waals surface area contributed by atoms with E-state index in [0.29, 0.717) is 49.2 Å². The SMILES string of the molecule is COc1ccc(OC2CCN(C(=O)c3cc4c(NCCNC(C)=O)nc(-c5ccccc5)nc4[nH]3)CC2)cc1. The number of methoxy groups -OCH3 is 1. The van der Waals surface area contributed by atoms with E-state index in [2.05, 4.69) is 15.6 Å². The summed E-state index contributed by atoms with van der Waals surface area (Å²) in [7, 11) is 1.64. The van der Waals surface area contributed by atoms with Gasteiger partial charge in [-0.1, -0.05) is 30.3 Å². The zero-order valence-electron chi connectivity index (χ0n) is 22.1. The van der Waals surface area contributed by atoms with E-state index in [1.54, 1.807) is 13.2 Å². The molecule has 5 rings (SSSR count). The van der Waals surface area contributed by atoms with Crippen molar-refractivity contribution in [3.8, 4) is 22.9 Å². The van der Waals surface area contributed by atoms with E-state index >= 15 is 0 Å². The lowest BCUT2D eigenvalue weighted by atomic mass is 10.1. The highest BCUT2D eigenvalue weighted by Crippen LogP contribution is 2.27. The summed E-state index contributed by atoms with van der Waals surface area (Å²) in [6.07, 6.45) is 1.53. The van der Waals surface area contributed by atoms with E-state index < -0.39 is 0 Å². The summed E-state index contributed by atoms with van der Waals surface area (Å²) in [5.74, 6) is 2.55. The Kier molecular flexibility index (Phi) is 7.91. The Morgan fingerprint density at radius 3 is 2.41 bits per heavy atom. The normalized spacial score (nSPS) is 13.7. The predicted octanol–water partition coefficient (Wildman–Crippen LogP) is 3.87. The van der Waals surface area contributed by atoms with Gasteiger partial charge in [0.2, 0.25) is 5.91 Å². The van der Waals surface area contributed by atoms with Crippen molar-refractivity contribution in [1.82, 2.24) is 25.2 Å². The number of nitrogens with one attached hydrogen (secondary N) is 3. The minimum absolute atomic E-state index is 0.0453. The molecule has 0 unspecified atom stereocenters. The Morgan fingerprint density at radius 2 is 1.72 bits per heavy atom. The van der Waals surface area contributed by atoms with Crippen LogP contribution < -0.4 is 20.1 Å². The van der Waals surface area contributed by atoms with Gasteiger partial charge >= 0.3 is 0 Å². The number of anilines is 1. The highest BCUT2D eigenvalue weighted by atomic mass is 16.5. The van der Waals surface area contributed by atoms with Crippen LogP contribution in [0.4, 0.5) is 5.82 Å². The number of hydrogen-bond acceptors (Lipinski definition) is 7. The van der Waals surface area contributed by atoms with Crippen LogP contribution >= 0.6 is 0 Å². The Hall–Kier alpha value is -4.60. The maximum atomic E-state index is 13.4. The van der Waals surface area contributed by atoms with Crippen molar-refractivity contribution < 1.29 is 19.1 Å². The molecule has 0 aliphatic carbocycles. The van der Waals surface area contributed by atoms with Gasteiger partial charge in [-0.2, -0.15) is 0 Å². The topological polar surface area (TPSA) is 121 Å². The molecule has 0 radical (unpaired) electrons. The fraction of sp³-hybridized carbons (Fsp3) is 0.310. The Labute approximate surface area is 226 Å². The van der Waals surface area contributed by atoms with Crippen LogP contribution in [-0.4, -0.2) is 71.1 Å². The van der Waals surface area contributed by atoms with Crippen molar-refractivity contribution in [3.63, 3.8) is 0 Å². The second-order valence-corrected chi connectivity index (χ2v) is 9.40. The maximum Gasteiger partial charge on any atom is 0.270 e. The van der Waals surface area contributed by atoms with Gasteiger partial charge in [0.15, 0.2) is 5.82 Å². The molecule has 0 spiro atoms. The Morgan fingerprint density at radius 1 is 1.00 bits per heavy atom. The van der Waals surface area contributed by atoms with Gasteiger partial charge < -0.3 is 30.0 Å². The largest absolute Gasteiger partial charge is 0.497 e. The van der Waals surface area contributed by atoms with Crippen LogP contribution in [0.1, 0.15) is 30.3 Å². The lowest BCUT2D eigenvalue weighted by molar-refractivity contribution is -0.118. The molecule has 39 heavy (non-hydrogen) atoms. The molecule has 3 heterocycles. The minimum atomic E-state index is -0.0951. The predicted molar refractivity (Wildman–Crippen MR) is 149 cm³/mol. The van der Waals surface area contributed by atoms with Crippen molar-refractivity contribution in [2.45, 2.75) is 25.9 Å². The smallest absolute Gasteiger partial charge is 0.270 e. The van der Waals surface area contributed by atoms with Gasteiger partial charge in [-0.25, -0.2) is 9.97 Å². The summed E-state index contributed by atoms with van der Waals surface area (Å²) in [6, 6.07) is 19.0. The summed E-state index contributed by atoms with van der Waals surface area (Å²) in [6.45, 7) is 3.60. The van der Waals surface area contributed by atoms with Gasteiger partial charge in [0.25, 0.3) is 5.91 Å². The molecular weight excluding hydrogens is 496 g/mol. The van der Waals surface area contributed by atoms with Crippen LogP contribution in [0.5, 0.6) is 11.5 Å². The van der Waals surface area contributed by atoms with Crippen LogP contribution in [0.25, 0.3) is 22.4 Å². The third-order valence-corrected chi connectivity index (χ3v) is 6.63. The van der Waals surface area contributed by atoms with Gasteiger partial charge in [0, 0.05) is 51.5 Å². The molecular formula is C29H32N6O4. The molecule has 3 N–H and O–H groups in total. The van der Waals surface area contributed by atoms with E-state index in [9.17, 15) is 9.59 Å². The number of fused-ring (bicyclic) bond motifs is 1. The van der Waals surface area contributed by atoms with E-state index in [1.807, 2.05) is 59.5 Å². The van der Waals surface area contributed by atoms with Crippen molar-refractivity contribution >= 4 is 28.7 Å². The number of amides is 2. The molecule has 1 aliphatic heterocycles. The van der Waals surface area contributed by atoms with Crippen LogP contribution in [0.3, 0.4) is 0 Å². The zero-order valence-corrected chi connectivity index (χ0v) is 22.1. The van der Waals surface area contributed by atoms with Gasteiger partial charge in [0.05, 0.1) is 12.5 Å². The number of likely N-dealkylation sites (tertiary alicyclic amines) is 1. The van der Waals surface area contributed by atoms with E-state index in [-0.39, 0.29) is 17.9 Å². The molecule has 0 bridgehead atoms. The number of H-pyrrole nitrogens is 1. The first kappa shape index (κ1) is 26.0. The number of nitrogens with zero attached hydrogens (tertiary/aromatic N) is 3. The Bertz CT molecular complexity index is 1430. The lowest BCUT2D eigenvalue weighted by Gasteiger charge is -2.32. The number of aromatic nitrogens is 3. The highest BCUT2D eigenvalue weighted by Gasteiger charge is 2.26. The first-order valence-electron chi connectivity index (χ1n) is 13.0. The molecule has 10 nitrogen and oxygen atoms in total. The van der Waals surface area contributed by atoms with E-state index in [0.717, 1.165) is 35.3 Å². The molecule has 0 atom stereocenters. The number of aromatic amines is 1. The van der Waals surface area contributed by atoms with Gasteiger partial charge in [-0.3, -0.25) is 9.59 Å². The summed E-state index contributed by atoms with van der Waals surface area (Å²) in [5, 5.41) is 6.78. The fourth-order valence-electron chi connectivity index (χ4n) is 4.59. The fourth-order valence-corrected chi connectivity index (χ4v) is 4.59. The molecule has 1 saturated heterocycles. The molecule has 1 fully saturated rings. The van der Waals surface area contributed by atoms with Crippen molar-refractivity contribution in [1.29, 1.82) is 0 Å². The third-order valence-electron chi connectivity index (χ3n) is 6.63. The first-order chi connectivity index (χ1) is 19.0. The summed E-state index contributed by atoms with van der Waals surface area (Å²) in [4.78, 5) is 39.2. The maximum absolute atomic E-state index is 13.4. The van der Waals surface area contributed by atoms with E-state index in [1.165, 1.54) is 6.92 Å². The third kappa shape index (κ3) is 6.28. The molecule has 0 saturated carbocycles. The van der Waals surface area contributed by atoms with Crippen molar-refractivity contribution in [2.75, 3.05) is 38.6 Å². The average Bonchev–Trinajstić information content (AvgIpc) is 3.40. The molecule has 2 aromatic heterocycles. The molecule has 1 aliphatic rings. The standard InChI is InChI=1S/C29H32N6O4/c1-19(36)30-14-15-31-27-24-18-25(32-28(24)34-26(33-27)20-6-4-3-5-7-20)29(37)35-16-12-23(13-17-35)39-22-10-8-21(38-2)9-11-22/h3-11,18,23H,12-17H2,1-2H3,(H,30,36)(H2,31,32,33,34). The minimum Gasteiger partial charge on any atom is -0.497 e. The van der Waals surface area contributed by atoms with Gasteiger partial charge in [-0.05, 0) is 30.3 Å². The number of benzene rings is 2. The molecule has 202 valence electrons. The Balaban J connectivity index is 1.30. The van der Waals surface area contributed by atoms with E-state index in [4.69, 9.17) is 19.4 Å². The van der Waals surface area contributed by atoms with Crippen LogP contribution in [0.2, 0.25) is 0 Å². The average molecular weight is 529 g/mol. The number of piperidine rings is 1. The number of carbonyl (C=O) groups excluding carboxylic acids is 2. The van der Waals surface area contributed by atoms with Crippen LogP contribution in [0.15, 0.2) is 60.7 Å². The zero-order chi connectivity index (χ0) is 27.2. The van der Waals surface area contributed by atoms with Crippen LogP contribution in [-0.2, 0) is 4.79 Å². The molecule has 2 aromatic carbocycles. The molecule has 2 amide bonds. The quantitative estimate of drug-likeness (QED) is 0.282. The second kappa shape index (κ2) is 11.8. The molecule has 4 aromatic rings. The highest BCUT2D eigenvalue weighted by molar-refractivity contribution is 6.00. The van der Waals surface area contributed by atoms with Crippen molar-refractivity contribution in [2.24, 2.45) is 0 Å². The van der Waals surface area contributed by atoms with Gasteiger partial charge in [-0.15, -0.1) is 0 Å². The first-order valence-corrected chi connectivity index (χ1v) is 13.0. The molecule has 10 heteroatoms. The van der Waals surface area contributed by atoms with Crippen molar-refractivity contribution in [3.05, 3.63) is 66.4 Å². The number of rotatable bonds is 9. The number of hydrogen-bond donors (Lipinski definition) is 3. The monoisotopic (exact) mass is 528 g/mol. The number of carbonyl (C=O) groups is 2. The van der Waals surface area contributed by atoms with Crippen LogP contribution in [0, 0.1) is 0 Å². The number of ether oxygens (including phenoxy) is 2. The second-order valence-electron chi connectivity index (χ2n) is 9.40. The lowest BCUT2D eigenvalue weighted by Crippen LogP contribution is -2.41. The summed E-state index contributed by atoms with van der Waals surface area (Å²) in [5.41, 5.74) is 1.90. The summed E-state index contributed by atoms with van der Waals surface area (Å²) < 4.78 is 11.3. The summed E-state index contributed by atoms with van der Waals surface area (Å²) >= 11 is 0. The van der Waals surface area contributed by atoms with Gasteiger partial charge in [0.1, 0.15) is 34.8 Å².